The molecule has 0 aromatic heterocycles. The molecule has 0 aliphatic heterocycles. The van der Waals surface area contributed by atoms with Gasteiger partial charge in [-0.05, 0) is 26.9 Å². The van der Waals surface area contributed by atoms with E-state index in [4.69, 9.17) is 4.74 Å². The first-order valence-corrected chi connectivity index (χ1v) is 5.61. The van der Waals surface area contributed by atoms with E-state index in [0.29, 0.717) is 0 Å². The highest BCUT2D eigenvalue weighted by atomic mass is 16.6. The average Bonchev–Trinajstić information content (AvgIpc) is 2.21. The van der Waals surface area contributed by atoms with Crippen molar-refractivity contribution < 1.29 is 9.53 Å². The van der Waals surface area contributed by atoms with Gasteiger partial charge in [0.2, 0.25) is 0 Å². The summed E-state index contributed by atoms with van der Waals surface area (Å²) < 4.78 is 5.21. The Bertz CT molecular complexity index is 190. The molecule has 0 radical (unpaired) electrons. The Morgan fingerprint density at radius 3 is 2.53 bits per heavy atom. The van der Waals surface area contributed by atoms with Gasteiger partial charge in [0.05, 0.1) is 0 Å². The van der Waals surface area contributed by atoms with Gasteiger partial charge in [0.1, 0.15) is 0 Å². The summed E-state index contributed by atoms with van der Waals surface area (Å²) in [5, 5.41) is 0. The SMILES string of the molecule is C=CC(=O)OC(CCCCCC)N(C)C. The van der Waals surface area contributed by atoms with E-state index in [-0.39, 0.29) is 12.2 Å². The molecule has 0 aromatic rings. The van der Waals surface area contributed by atoms with Crippen LogP contribution in [0, 0.1) is 0 Å². The van der Waals surface area contributed by atoms with Crippen LogP contribution in [-0.2, 0) is 9.53 Å². The molecule has 0 bridgehead atoms. The van der Waals surface area contributed by atoms with Crippen molar-refractivity contribution in [3.63, 3.8) is 0 Å². The van der Waals surface area contributed by atoms with Crippen LogP contribution in [0.2, 0.25) is 0 Å². The first kappa shape index (κ1) is 14.2. The second-order valence-corrected chi connectivity index (χ2v) is 3.91. The summed E-state index contributed by atoms with van der Waals surface area (Å²) in [6.45, 7) is 5.57. The van der Waals surface area contributed by atoms with Gasteiger partial charge in [0.25, 0.3) is 0 Å². The van der Waals surface area contributed by atoms with Crippen LogP contribution in [0.5, 0.6) is 0 Å². The van der Waals surface area contributed by atoms with Gasteiger partial charge >= 0.3 is 5.97 Å². The summed E-state index contributed by atoms with van der Waals surface area (Å²) in [7, 11) is 3.84. The lowest BCUT2D eigenvalue weighted by molar-refractivity contribution is -0.151. The van der Waals surface area contributed by atoms with Crippen molar-refractivity contribution >= 4 is 5.97 Å². The van der Waals surface area contributed by atoms with Crippen LogP contribution in [0.1, 0.15) is 39.0 Å². The number of carbonyl (C=O) groups is 1. The molecule has 0 fully saturated rings. The Hall–Kier alpha value is -0.830. The Morgan fingerprint density at radius 2 is 2.07 bits per heavy atom. The molecule has 0 heterocycles. The molecule has 3 heteroatoms. The zero-order chi connectivity index (χ0) is 11.7. The van der Waals surface area contributed by atoms with Gasteiger partial charge in [0.15, 0.2) is 6.23 Å². The van der Waals surface area contributed by atoms with Gasteiger partial charge in [0, 0.05) is 6.08 Å². The number of unbranched alkanes of at least 4 members (excludes halogenated alkanes) is 3. The lowest BCUT2D eigenvalue weighted by Crippen LogP contribution is -2.32. The predicted octanol–water partition coefficient (Wildman–Crippen LogP) is 2.57. The van der Waals surface area contributed by atoms with Crippen molar-refractivity contribution in [2.45, 2.75) is 45.3 Å². The molecule has 0 saturated heterocycles. The molecule has 1 atom stereocenters. The third-order valence-corrected chi connectivity index (χ3v) is 2.30. The van der Waals surface area contributed by atoms with Crippen LogP contribution in [-0.4, -0.2) is 31.2 Å². The van der Waals surface area contributed by atoms with Crippen LogP contribution in [0.3, 0.4) is 0 Å². The summed E-state index contributed by atoms with van der Waals surface area (Å²) in [5.41, 5.74) is 0. The van der Waals surface area contributed by atoms with E-state index in [1.807, 2.05) is 19.0 Å². The fourth-order valence-electron chi connectivity index (χ4n) is 1.35. The minimum atomic E-state index is -0.343. The van der Waals surface area contributed by atoms with Crippen molar-refractivity contribution in [1.29, 1.82) is 0 Å². The van der Waals surface area contributed by atoms with Gasteiger partial charge in [-0.3, -0.25) is 4.90 Å². The lowest BCUT2D eigenvalue weighted by atomic mass is 10.1. The number of esters is 1. The Kier molecular flexibility index (Phi) is 8.01. The van der Waals surface area contributed by atoms with E-state index in [9.17, 15) is 4.79 Å². The summed E-state index contributed by atoms with van der Waals surface area (Å²) in [5.74, 6) is -0.343. The van der Waals surface area contributed by atoms with Crippen molar-refractivity contribution in [3.8, 4) is 0 Å². The lowest BCUT2D eigenvalue weighted by Gasteiger charge is -2.23. The number of hydrogen-bond donors (Lipinski definition) is 0. The van der Waals surface area contributed by atoms with Crippen LogP contribution >= 0.6 is 0 Å². The first-order valence-electron chi connectivity index (χ1n) is 5.61. The maximum atomic E-state index is 11.0. The fraction of sp³-hybridized carbons (Fsp3) is 0.750. The third-order valence-electron chi connectivity index (χ3n) is 2.30. The predicted molar refractivity (Wildman–Crippen MR) is 62.5 cm³/mol. The summed E-state index contributed by atoms with van der Waals surface area (Å²) in [4.78, 5) is 13.0. The Labute approximate surface area is 93.1 Å². The molecule has 0 aliphatic rings. The highest BCUT2D eigenvalue weighted by Gasteiger charge is 2.14. The summed E-state index contributed by atoms with van der Waals surface area (Å²) in [6.07, 6.45) is 6.75. The number of rotatable bonds is 8. The molecule has 88 valence electrons. The number of nitrogens with zero attached hydrogens (tertiary/aromatic N) is 1. The maximum Gasteiger partial charge on any atom is 0.331 e. The highest BCUT2D eigenvalue weighted by molar-refractivity contribution is 5.81. The minimum Gasteiger partial charge on any atom is -0.443 e. The van der Waals surface area contributed by atoms with E-state index < -0.39 is 0 Å². The van der Waals surface area contributed by atoms with Gasteiger partial charge in [-0.25, -0.2) is 4.79 Å². The average molecular weight is 213 g/mol. The van der Waals surface area contributed by atoms with Crippen LogP contribution in [0.4, 0.5) is 0 Å². The van der Waals surface area contributed by atoms with Crippen LogP contribution in [0.15, 0.2) is 12.7 Å². The second-order valence-electron chi connectivity index (χ2n) is 3.91. The van der Waals surface area contributed by atoms with E-state index in [0.717, 1.165) is 12.8 Å². The number of carbonyl (C=O) groups excluding carboxylic acids is 1. The Balaban J connectivity index is 3.83. The molecule has 1 unspecified atom stereocenters. The Morgan fingerprint density at radius 1 is 1.40 bits per heavy atom. The van der Waals surface area contributed by atoms with Crippen molar-refractivity contribution in [3.05, 3.63) is 12.7 Å². The zero-order valence-electron chi connectivity index (χ0n) is 10.2. The van der Waals surface area contributed by atoms with Crippen molar-refractivity contribution in [1.82, 2.24) is 4.90 Å². The normalized spacial score (nSPS) is 12.5. The molecule has 0 N–H and O–H groups in total. The van der Waals surface area contributed by atoms with Gasteiger partial charge in [-0.2, -0.15) is 0 Å². The van der Waals surface area contributed by atoms with Crippen LogP contribution in [0.25, 0.3) is 0 Å². The maximum absolute atomic E-state index is 11.0. The fourth-order valence-corrected chi connectivity index (χ4v) is 1.35. The standard InChI is InChI=1S/C12H23NO2/c1-5-7-8-9-10-11(13(3)4)15-12(14)6-2/h6,11H,2,5,7-10H2,1,3-4H3. The molecule has 0 saturated carbocycles. The summed E-state index contributed by atoms with van der Waals surface area (Å²) >= 11 is 0. The third kappa shape index (κ3) is 7.14. The van der Waals surface area contributed by atoms with E-state index >= 15 is 0 Å². The minimum absolute atomic E-state index is 0.118. The van der Waals surface area contributed by atoms with Gasteiger partial charge in [-0.15, -0.1) is 0 Å². The molecule has 0 aliphatic carbocycles. The molecule has 0 aromatic carbocycles. The number of ether oxygens (including phenoxy) is 1. The molecule has 0 amide bonds. The van der Waals surface area contributed by atoms with E-state index in [1.54, 1.807) is 0 Å². The van der Waals surface area contributed by atoms with Gasteiger partial charge in [-0.1, -0.05) is 32.8 Å². The van der Waals surface area contributed by atoms with Gasteiger partial charge < -0.3 is 4.74 Å². The molecule has 0 rings (SSSR count). The summed E-state index contributed by atoms with van der Waals surface area (Å²) in [6, 6.07) is 0. The molecule has 15 heavy (non-hydrogen) atoms. The second kappa shape index (κ2) is 8.48. The van der Waals surface area contributed by atoms with Crippen molar-refractivity contribution in [2.24, 2.45) is 0 Å². The zero-order valence-corrected chi connectivity index (χ0v) is 10.2. The smallest absolute Gasteiger partial charge is 0.331 e. The largest absolute Gasteiger partial charge is 0.443 e. The highest BCUT2D eigenvalue weighted by Crippen LogP contribution is 2.10. The van der Waals surface area contributed by atoms with E-state index in [2.05, 4.69) is 13.5 Å². The molecule has 0 spiro atoms. The molecular weight excluding hydrogens is 190 g/mol. The van der Waals surface area contributed by atoms with Crippen molar-refractivity contribution in [2.75, 3.05) is 14.1 Å². The van der Waals surface area contributed by atoms with E-state index in [1.165, 1.54) is 25.3 Å². The monoisotopic (exact) mass is 213 g/mol. The van der Waals surface area contributed by atoms with Crippen LogP contribution < -0.4 is 0 Å². The quantitative estimate of drug-likeness (QED) is 0.268. The number of hydrogen-bond acceptors (Lipinski definition) is 3. The molecular formula is C12H23NO2. The first-order chi connectivity index (χ1) is 7.11. The molecule has 3 nitrogen and oxygen atoms in total. The topological polar surface area (TPSA) is 29.5 Å².